The zero-order valence-corrected chi connectivity index (χ0v) is 16.1. The topological polar surface area (TPSA) is 73.2 Å². The van der Waals surface area contributed by atoms with E-state index in [0.717, 1.165) is 6.42 Å². The van der Waals surface area contributed by atoms with Gasteiger partial charge in [-0.3, -0.25) is 14.2 Å². The fraction of sp³-hybridized carbons (Fsp3) is 0.250. The molecule has 0 unspecified atom stereocenters. The number of hydrogen-bond acceptors (Lipinski definition) is 5. The number of benzene rings is 2. The fourth-order valence-electron chi connectivity index (χ4n) is 2.63. The number of fused-ring (bicyclic) bond motifs is 1. The van der Waals surface area contributed by atoms with Gasteiger partial charge in [0.25, 0.3) is 5.56 Å². The Morgan fingerprint density at radius 1 is 1.22 bits per heavy atom. The van der Waals surface area contributed by atoms with Crippen LogP contribution in [0.5, 0.6) is 5.75 Å². The second-order valence-corrected chi connectivity index (χ2v) is 6.83. The van der Waals surface area contributed by atoms with Crippen LogP contribution >= 0.6 is 11.8 Å². The molecular weight excluding hydrogens is 362 g/mol. The monoisotopic (exact) mass is 383 g/mol. The summed E-state index contributed by atoms with van der Waals surface area (Å²) in [5, 5.41) is 3.84. The molecule has 1 aromatic heterocycles. The van der Waals surface area contributed by atoms with Gasteiger partial charge < -0.3 is 10.1 Å². The fourth-order valence-corrected chi connectivity index (χ4v) is 3.47. The molecule has 7 heteroatoms. The molecule has 27 heavy (non-hydrogen) atoms. The van der Waals surface area contributed by atoms with Gasteiger partial charge in [-0.05, 0) is 30.7 Å². The molecule has 3 aromatic rings. The summed E-state index contributed by atoms with van der Waals surface area (Å²) in [4.78, 5) is 29.8. The van der Waals surface area contributed by atoms with Crippen LogP contribution in [0.3, 0.4) is 0 Å². The van der Waals surface area contributed by atoms with Crippen molar-refractivity contribution in [2.24, 2.45) is 0 Å². The molecule has 0 aliphatic carbocycles. The molecule has 0 radical (unpaired) electrons. The zero-order valence-electron chi connectivity index (χ0n) is 15.3. The van der Waals surface area contributed by atoms with Gasteiger partial charge in [-0.2, -0.15) is 0 Å². The lowest BCUT2D eigenvalue weighted by molar-refractivity contribution is -0.118. The number of amides is 1. The van der Waals surface area contributed by atoms with E-state index < -0.39 is 0 Å². The van der Waals surface area contributed by atoms with E-state index in [1.807, 2.05) is 37.3 Å². The molecule has 0 saturated carbocycles. The summed E-state index contributed by atoms with van der Waals surface area (Å²) in [5.74, 6) is 0.750. The van der Waals surface area contributed by atoms with Crippen molar-refractivity contribution in [1.29, 1.82) is 0 Å². The van der Waals surface area contributed by atoms with E-state index in [0.29, 0.717) is 34.0 Å². The van der Waals surface area contributed by atoms with Gasteiger partial charge in [0.15, 0.2) is 5.16 Å². The molecule has 0 fully saturated rings. The average Bonchev–Trinajstić information content (AvgIpc) is 2.70. The van der Waals surface area contributed by atoms with E-state index in [1.54, 1.807) is 25.3 Å². The predicted octanol–water partition coefficient (Wildman–Crippen LogP) is 3.01. The first-order valence-electron chi connectivity index (χ1n) is 8.69. The maximum absolute atomic E-state index is 13.1. The predicted molar refractivity (Wildman–Crippen MR) is 108 cm³/mol. The third-order valence-electron chi connectivity index (χ3n) is 3.96. The Hall–Kier alpha value is -2.80. The summed E-state index contributed by atoms with van der Waals surface area (Å²) in [6.45, 7) is 2.63. The van der Waals surface area contributed by atoms with Crippen LogP contribution in [0.1, 0.15) is 13.3 Å². The molecular formula is C20H21N3O3S. The van der Waals surface area contributed by atoms with Crippen LogP contribution < -0.4 is 15.6 Å². The van der Waals surface area contributed by atoms with E-state index in [1.165, 1.54) is 16.3 Å². The summed E-state index contributed by atoms with van der Waals surface area (Å²) >= 11 is 1.24. The average molecular weight is 383 g/mol. The Bertz CT molecular complexity index is 1020. The molecule has 1 heterocycles. The van der Waals surface area contributed by atoms with Gasteiger partial charge >= 0.3 is 0 Å². The Kier molecular flexibility index (Phi) is 6.13. The van der Waals surface area contributed by atoms with E-state index in [9.17, 15) is 9.59 Å². The molecule has 0 bridgehead atoms. The largest absolute Gasteiger partial charge is 0.497 e. The van der Waals surface area contributed by atoms with Crippen LogP contribution in [-0.2, 0) is 4.79 Å². The zero-order chi connectivity index (χ0) is 19.2. The number of carbonyl (C=O) groups is 1. The van der Waals surface area contributed by atoms with Crippen molar-refractivity contribution >= 4 is 28.6 Å². The third-order valence-corrected chi connectivity index (χ3v) is 4.90. The number of hydrogen-bond donors (Lipinski definition) is 1. The molecule has 0 aliphatic rings. The number of ether oxygens (including phenoxy) is 1. The molecule has 3 rings (SSSR count). The Labute approximate surface area is 161 Å². The summed E-state index contributed by atoms with van der Waals surface area (Å²) in [6, 6.07) is 14.4. The molecule has 6 nitrogen and oxygen atoms in total. The van der Waals surface area contributed by atoms with Crippen molar-refractivity contribution in [3.05, 3.63) is 58.9 Å². The maximum atomic E-state index is 13.1. The quantitative estimate of drug-likeness (QED) is 0.502. The Balaban J connectivity index is 2.07. The molecule has 0 spiro atoms. The normalized spacial score (nSPS) is 10.7. The Morgan fingerprint density at radius 2 is 2.04 bits per heavy atom. The molecule has 2 aromatic carbocycles. The second kappa shape index (κ2) is 8.73. The number of methoxy groups -OCH3 is 1. The molecule has 0 aliphatic heterocycles. The van der Waals surface area contributed by atoms with Crippen molar-refractivity contribution in [1.82, 2.24) is 14.9 Å². The first-order valence-corrected chi connectivity index (χ1v) is 9.68. The highest BCUT2D eigenvalue weighted by molar-refractivity contribution is 7.99. The van der Waals surface area contributed by atoms with Crippen LogP contribution in [-0.4, -0.2) is 34.9 Å². The standard InChI is InChI=1S/C20H21N3O3S/c1-3-11-21-18(24)13-27-20-22-17-10-5-4-9-16(17)19(25)23(20)14-7-6-8-15(12-14)26-2/h4-10,12H,3,11,13H2,1-2H3,(H,21,24). The number of rotatable bonds is 7. The maximum Gasteiger partial charge on any atom is 0.266 e. The minimum Gasteiger partial charge on any atom is -0.497 e. The van der Waals surface area contributed by atoms with Gasteiger partial charge in [-0.1, -0.05) is 36.9 Å². The second-order valence-electron chi connectivity index (χ2n) is 5.89. The Morgan fingerprint density at radius 3 is 2.81 bits per heavy atom. The van der Waals surface area contributed by atoms with E-state index in [2.05, 4.69) is 10.3 Å². The minimum absolute atomic E-state index is 0.0820. The summed E-state index contributed by atoms with van der Waals surface area (Å²) in [6.07, 6.45) is 0.874. The molecule has 1 N–H and O–H groups in total. The SMILES string of the molecule is CCCNC(=O)CSc1nc2ccccc2c(=O)n1-c1cccc(OC)c1. The lowest BCUT2D eigenvalue weighted by Crippen LogP contribution is -2.27. The minimum atomic E-state index is -0.176. The van der Waals surface area contributed by atoms with Crippen molar-refractivity contribution < 1.29 is 9.53 Å². The lowest BCUT2D eigenvalue weighted by atomic mass is 10.2. The first-order chi connectivity index (χ1) is 13.1. The lowest BCUT2D eigenvalue weighted by Gasteiger charge is -2.14. The smallest absolute Gasteiger partial charge is 0.266 e. The number of thioether (sulfide) groups is 1. The van der Waals surface area contributed by atoms with Crippen molar-refractivity contribution in [3.8, 4) is 11.4 Å². The van der Waals surface area contributed by atoms with Gasteiger partial charge in [0.1, 0.15) is 5.75 Å². The van der Waals surface area contributed by atoms with E-state index in [4.69, 9.17) is 4.74 Å². The molecule has 140 valence electrons. The van der Waals surface area contributed by atoms with Crippen LogP contribution in [0.15, 0.2) is 58.5 Å². The highest BCUT2D eigenvalue weighted by atomic mass is 32.2. The van der Waals surface area contributed by atoms with Gasteiger partial charge in [0.2, 0.25) is 5.91 Å². The van der Waals surface area contributed by atoms with Crippen LogP contribution in [0.2, 0.25) is 0 Å². The van der Waals surface area contributed by atoms with Crippen LogP contribution in [0, 0.1) is 0 Å². The van der Waals surface area contributed by atoms with Gasteiger partial charge in [-0.25, -0.2) is 4.98 Å². The van der Waals surface area contributed by atoms with Crippen molar-refractivity contribution in [2.75, 3.05) is 19.4 Å². The highest BCUT2D eigenvalue weighted by Gasteiger charge is 2.15. The molecule has 1 amide bonds. The third kappa shape index (κ3) is 4.31. The van der Waals surface area contributed by atoms with Gasteiger partial charge in [0.05, 0.1) is 29.5 Å². The summed E-state index contributed by atoms with van der Waals surface area (Å²) in [5.41, 5.74) is 1.08. The van der Waals surface area contributed by atoms with Crippen LogP contribution in [0.4, 0.5) is 0 Å². The van der Waals surface area contributed by atoms with Crippen LogP contribution in [0.25, 0.3) is 16.6 Å². The van der Waals surface area contributed by atoms with Gasteiger partial charge in [-0.15, -0.1) is 0 Å². The summed E-state index contributed by atoms with van der Waals surface area (Å²) < 4.78 is 6.81. The first kappa shape index (κ1) is 19.0. The highest BCUT2D eigenvalue weighted by Crippen LogP contribution is 2.23. The number of aromatic nitrogens is 2. The number of nitrogens with zero attached hydrogens (tertiary/aromatic N) is 2. The molecule has 0 atom stereocenters. The van der Waals surface area contributed by atoms with E-state index >= 15 is 0 Å². The number of carbonyl (C=O) groups excluding carboxylic acids is 1. The number of para-hydroxylation sites is 1. The number of nitrogens with one attached hydrogen (secondary N) is 1. The summed E-state index contributed by atoms with van der Waals surface area (Å²) in [7, 11) is 1.58. The molecule has 0 saturated heterocycles. The van der Waals surface area contributed by atoms with Crippen molar-refractivity contribution in [2.45, 2.75) is 18.5 Å². The van der Waals surface area contributed by atoms with E-state index in [-0.39, 0.29) is 17.2 Å². The van der Waals surface area contributed by atoms with Crippen molar-refractivity contribution in [3.63, 3.8) is 0 Å². The van der Waals surface area contributed by atoms with Gasteiger partial charge in [0, 0.05) is 12.6 Å².